The predicted molar refractivity (Wildman–Crippen MR) is 79.5 cm³/mol. The molecule has 0 bridgehead atoms. The predicted octanol–water partition coefficient (Wildman–Crippen LogP) is 3.83. The van der Waals surface area contributed by atoms with Crippen LogP contribution >= 0.6 is 11.6 Å². The van der Waals surface area contributed by atoms with Gasteiger partial charge in [0.15, 0.2) is 0 Å². The fraction of sp³-hybridized carbons (Fsp3) is 0.600. The minimum Gasteiger partial charge on any atom is -0.371 e. The van der Waals surface area contributed by atoms with Crippen LogP contribution < -0.4 is 10.2 Å². The van der Waals surface area contributed by atoms with Gasteiger partial charge in [-0.05, 0) is 32.0 Å². The molecule has 0 aliphatic heterocycles. The molecule has 18 heavy (non-hydrogen) atoms. The lowest BCUT2D eigenvalue weighted by Gasteiger charge is -2.34. The number of rotatable bonds is 4. The van der Waals surface area contributed by atoms with Crippen molar-refractivity contribution in [2.75, 3.05) is 19.0 Å². The summed E-state index contributed by atoms with van der Waals surface area (Å²) in [6.45, 7) is 0.825. The van der Waals surface area contributed by atoms with Crippen molar-refractivity contribution in [3.05, 3.63) is 28.8 Å². The van der Waals surface area contributed by atoms with Gasteiger partial charge in [0.05, 0.1) is 0 Å². The van der Waals surface area contributed by atoms with Gasteiger partial charge in [-0.3, -0.25) is 0 Å². The van der Waals surface area contributed by atoms with Crippen LogP contribution in [-0.2, 0) is 6.54 Å². The molecular weight excluding hydrogens is 244 g/mol. The average Bonchev–Trinajstić information content (AvgIpc) is 2.41. The van der Waals surface area contributed by atoms with Gasteiger partial charge in [-0.1, -0.05) is 36.9 Å². The van der Waals surface area contributed by atoms with Crippen LogP contribution in [0.4, 0.5) is 5.69 Å². The quantitative estimate of drug-likeness (QED) is 0.891. The van der Waals surface area contributed by atoms with Crippen molar-refractivity contribution in [3.63, 3.8) is 0 Å². The van der Waals surface area contributed by atoms with Crippen LogP contribution in [0.15, 0.2) is 18.2 Å². The third-order valence-corrected chi connectivity index (χ3v) is 4.30. The van der Waals surface area contributed by atoms with Gasteiger partial charge in [0, 0.05) is 35.9 Å². The Morgan fingerprint density at radius 3 is 2.67 bits per heavy atom. The Morgan fingerprint density at radius 2 is 2.00 bits per heavy atom. The van der Waals surface area contributed by atoms with E-state index in [1.54, 1.807) is 0 Å². The van der Waals surface area contributed by atoms with Crippen LogP contribution in [0.2, 0.25) is 5.02 Å². The molecule has 1 N–H and O–H groups in total. The van der Waals surface area contributed by atoms with Crippen molar-refractivity contribution in [1.29, 1.82) is 0 Å². The molecule has 2 nitrogen and oxygen atoms in total. The van der Waals surface area contributed by atoms with Gasteiger partial charge >= 0.3 is 0 Å². The van der Waals surface area contributed by atoms with E-state index >= 15 is 0 Å². The van der Waals surface area contributed by atoms with Crippen molar-refractivity contribution in [3.8, 4) is 0 Å². The van der Waals surface area contributed by atoms with Crippen molar-refractivity contribution < 1.29 is 0 Å². The Hall–Kier alpha value is -0.730. The van der Waals surface area contributed by atoms with Gasteiger partial charge in [-0.25, -0.2) is 0 Å². The molecule has 1 fully saturated rings. The molecule has 100 valence electrons. The fourth-order valence-corrected chi connectivity index (χ4v) is 3.13. The number of hydrogen-bond acceptors (Lipinski definition) is 2. The van der Waals surface area contributed by atoms with Crippen molar-refractivity contribution in [1.82, 2.24) is 5.32 Å². The molecule has 1 saturated carbocycles. The zero-order valence-corrected chi connectivity index (χ0v) is 12.1. The highest BCUT2D eigenvalue weighted by Gasteiger charge is 2.20. The van der Waals surface area contributed by atoms with E-state index in [-0.39, 0.29) is 0 Å². The lowest BCUT2D eigenvalue weighted by atomic mass is 9.94. The number of nitrogens with one attached hydrogen (secondary N) is 1. The lowest BCUT2D eigenvalue weighted by molar-refractivity contribution is 0.427. The Bertz CT molecular complexity index is 386. The van der Waals surface area contributed by atoms with Crippen molar-refractivity contribution in [2.24, 2.45) is 0 Å². The Labute approximate surface area is 115 Å². The molecule has 1 aliphatic carbocycles. The largest absolute Gasteiger partial charge is 0.371 e. The monoisotopic (exact) mass is 266 g/mol. The summed E-state index contributed by atoms with van der Waals surface area (Å²) in [5.41, 5.74) is 2.50. The van der Waals surface area contributed by atoms with Crippen molar-refractivity contribution >= 4 is 17.3 Å². The highest BCUT2D eigenvalue weighted by Crippen LogP contribution is 2.31. The van der Waals surface area contributed by atoms with Gasteiger partial charge in [0.1, 0.15) is 0 Å². The fourth-order valence-electron chi connectivity index (χ4n) is 2.89. The third kappa shape index (κ3) is 2.99. The second-order valence-corrected chi connectivity index (χ2v) is 5.58. The van der Waals surface area contributed by atoms with Crippen LogP contribution in [0.3, 0.4) is 0 Å². The number of halogens is 1. The first-order chi connectivity index (χ1) is 8.74. The summed E-state index contributed by atoms with van der Waals surface area (Å²) >= 11 is 6.32. The van der Waals surface area contributed by atoms with E-state index in [2.05, 4.69) is 29.4 Å². The first-order valence-corrected chi connectivity index (χ1v) is 7.26. The lowest BCUT2D eigenvalue weighted by Crippen LogP contribution is -2.34. The minimum absolute atomic E-state index is 0.674. The smallest absolute Gasteiger partial charge is 0.0471 e. The van der Waals surface area contributed by atoms with E-state index < -0.39 is 0 Å². The molecule has 2 rings (SSSR count). The van der Waals surface area contributed by atoms with E-state index in [0.717, 1.165) is 11.6 Å². The Kier molecular flexibility index (Phi) is 4.90. The van der Waals surface area contributed by atoms with Gasteiger partial charge in [-0.2, -0.15) is 0 Å². The second kappa shape index (κ2) is 6.44. The van der Waals surface area contributed by atoms with Crippen LogP contribution in [-0.4, -0.2) is 20.1 Å². The molecule has 3 heteroatoms. The first-order valence-electron chi connectivity index (χ1n) is 6.89. The molecule has 0 aromatic heterocycles. The SMILES string of the molecule is CNCc1c(Cl)cccc1N(C)C1CCCCC1. The Morgan fingerprint density at radius 1 is 1.28 bits per heavy atom. The number of anilines is 1. The molecule has 1 aromatic rings. The van der Waals surface area contributed by atoms with E-state index in [1.165, 1.54) is 43.4 Å². The van der Waals surface area contributed by atoms with Gasteiger partial charge in [0.2, 0.25) is 0 Å². The maximum atomic E-state index is 6.32. The number of benzene rings is 1. The molecule has 1 aromatic carbocycles. The maximum Gasteiger partial charge on any atom is 0.0471 e. The van der Waals surface area contributed by atoms with Crippen LogP contribution in [0, 0.1) is 0 Å². The molecule has 0 atom stereocenters. The summed E-state index contributed by atoms with van der Waals surface area (Å²) in [4.78, 5) is 2.43. The van der Waals surface area contributed by atoms with Crippen LogP contribution in [0.5, 0.6) is 0 Å². The molecule has 0 unspecified atom stereocenters. The summed E-state index contributed by atoms with van der Waals surface area (Å²) in [5, 5.41) is 4.08. The summed E-state index contributed by atoms with van der Waals surface area (Å²) in [6, 6.07) is 6.89. The number of nitrogens with zero attached hydrogens (tertiary/aromatic N) is 1. The molecule has 0 saturated heterocycles. The highest BCUT2D eigenvalue weighted by molar-refractivity contribution is 6.31. The molecule has 0 heterocycles. The summed E-state index contributed by atoms with van der Waals surface area (Å²) < 4.78 is 0. The topological polar surface area (TPSA) is 15.3 Å². The average molecular weight is 267 g/mol. The molecule has 1 aliphatic rings. The van der Waals surface area contributed by atoms with E-state index in [4.69, 9.17) is 11.6 Å². The maximum absolute atomic E-state index is 6.32. The summed E-state index contributed by atoms with van der Waals surface area (Å²) in [7, 11) is 4.18. The van der Waals surface area contributed by atoms with E-state index in [1.807, 2.05) is 13.1 Å². The third-order valence-electron chi connectivity index (χ3n) is 3.95. The minimum atomic E-state index is 0.674. The molecule has 0 radical (unpaired) electrons. The van der Waals surface area contributed by atoms with Gasteiger partial charge in [-0.15, -0.1) is 0 Å². The van der Waals surface area contributed by atoms with E-state index in [9.17, 15) is 0 Å². The van der Waals surface area contributed by atoms with E-state index in [0.29, 0.717) is 6.04 Å². The second-order valence-electron chi connectivity index (χ2n) is 5.17. The Balaban J connectivity index is 2.22. The molecule has 0 amide bonds. The molecular formula is C15H23ClN2. The normalized spacial score (nSPS) is 16.8. The van der Waals surface area contributed by atoms with Crippen molar-refractivity contribution in [2.45, 2.75) is 44.7 Å². The zero-order valence-electron chi connectivity index (χ0n) is 11.4. The summed E-state index contributed by atoms with van der Waals surface area (Å²) in [6.07, 6.45) is 6.72. The van der Waals surface area contributed by atoms with Crippen LogP contribution in [0.1, 0.15) is 37.7 Å². The van der Waals surface area contributed by atoms with Crippen LogP contribution in [0.25, 0.3) is 0 Å². The highest BCUT2D eigenvalue weighted by atomic mass is 35.5. The first kappa shape index (κ1) is 13.7. The summed E-state index contributed by atoms with van der Waals surface area (Å²) in [5.74, 6) is 0. The standard InChI is InChI=1S/C15H23ClN2/c1-17-11-13-14(16)9-6-10-15(13)18(2)12-7-4-3-5-8-12/h6,9-10,12,17H,3-5,7-8,11H2,1-2H3. The number of hydrogen-bond donors (Lipinski definition) is 1. The molecule has 0 spiro atoms. The van der Waals surface area contributed by atoms with Gasteiger partial charge < -0.3 is 10.2 Å². The zero-order chi connectivity index (χ0) is 13.0. The van der Waals surface area contributed by atoms with Gasteiger partial charge in [0.25, 0.3) is 0 Å².